The summed E-state index contributed by atoms with van der Waals surface area (Å²) in [7, 11) is 0. The number of hydrogen-bond donors (Lipinski definition) is 1. The normalized spacial score (nSPS) is 11.6. The van der Waals surface area contributed by atoms with Crippen molar-refractivity contribution in [2.45, 2.75) is 65.8 Å². The van der Waals surface area contributed by atoms with E-state index in [1.807, 2.05) is 92.7 Å². The summed E-state index contributed by atoms with van der Waals surface area (Å²) in [4.78, 5) is 29.3. The molecule has 4 aromatic rings. The standard InChI is InChI=1S/C34H40N4O2/c1-23(2)37(33(40)32(26-16-10-8-11-17-26)27-18-12-9-13-19-27)22-31(39)35-30-21-29(34(5,6)7)36-38(30)28-20-14-15-24(3)25(28)4/h8-21,23,32H,22H2,1-7H3,(H,35,39). The summed E-state index contributed by atoms with van der Waals surface area (Å²) in [6.45, 7) is 14.2. The van der Waals surface area contributed by atoms with Crippen LogP contribution in [0, 0.1) is 13.8 Å². The van der Waals surface area contributed by atoms with Gasteiger partial charge in [-0.15, -0.1) is 0 Å². The van der Waals surface area contributed by atoms with Gasteiger partial charge in [0.25, 0.3) is 0 Å². The van der Waals surface area contributed by atoms with Crippen molar-refractivity contribution >= 4 is 17.6 Å². The van der Waals surface area contributed by atoms with Gasteiger partial charge in [0.2, 0.25) is 11.8 Å². The van der Waals surface area contributed by atoms with Gasteiger partial charge in [0.15, 0.2) is 0 Å². The Morgan fingerprint density at radius 1 is 0.875 bits per heavy atom. The zero-order valence-corrected chi connectivity index (χ0v) is 24.6. The molecular formula is C34H40N4O2. The summed E-state index contributed by atoms with van der Waals surface area (Å²) in [5.41, 5.74) is 5.60. The molecule has 0 saturated carbocycles. The molecule has 6 nitrogen and oxygen atoms in total. The van der Waals surface area contributed by atoms with Crippen molar-refractivity contribution in [1.82, 2.24) is 14.7 Å². The second-order valence-corrected chi connectivity index (χ2v) is 11.7. The molecule has 1 aromatic heterocycles. The molecule has 0 bridgehead atoms. The highest BCUT2D eigenvalue weighted by molar-refractivity contribution is 5.96. The van der Waals surface area contributed by atoms with Crippen LogP contribution in [-0.4, -0.2) is 39.1 Å². The van der Waals surface area contributed by atoms with E-state index in [1.54, 1.807) is 9.58 Å². The average molecular weight is 537 g/mol. The van der Waals surface area contributed by atoms with Crippen molar-refractivity contribution in [2.75, 3.05) is 11.9 Å². The molecule has 0 spiro atoms. The molecule has 1 heterocycles. The minimum atomic E-state index is -0.509. The second-order valence-electron chi connectivity index (χ2n) is 11.7. The highest BCUT2D eigenvalue weighted by Gasteiger charge is 2.31. The van der Waals surface area contributed by atoms with Crippen LogP contribution in [-0.2, 0) is 15.0 Å². The quantitative estimate of drug-likeness (QED) is 0.269. The lowest BCUT2D eigenvalue weighted by molar-refractivity contribution is -0.137. The third-order valence-corrected chi connectivity index (χ3v) is 7.28. The van der Waals surface area contributed by atoms with Crippen molar-refractivity contribution in [3.8, 4) is 5.69 Å². The van der Waals surface area contributed by atoms with E-state index >= 15 is 0 Å². The van der Waals surface area contributed by atoms with E-state index in [2.05, 4.69) is 46.0 Å². The number of nitrogens with one attached hydrogen (secondary N) is 1. The maximum atomic E-state index is 14.1. The number of nitrogens with zero attached hydrogens (tertiary/aromatic N) is 3. The van der Waals surface area contributed by atoms with Gasteiger partial charge >= 0.3 is 0 Å². The molecule has 0 saturated heterocycles. The first kappa shape index (κ1) is 28.8. The first-order valence-electron chi connectivity index (χ1n) is 13.8. The summed E-state index contributed by atoms with van der Waals surface area (Å²) in [6, 6.07) is 27.3. The van der Waals surface area contributed by atoms with Crippen molar-refractivity contribution in [3.63, 3.8) is 0 Å². The molecule has 3 aromatic carbocycles. The van der Waals surface area contributed by atoms with Crippen LogP contribution in [0.25, 0.3) is 5.69 Å². The van der Waals surface area contributed by atoms with Gasteiger partial charge in [0.05, 0.1) is 17.3 Å². The first-order chi connectivity index (χ1) is 19.0. The Balaban J connectivity index is 1.66. The van der Waals surface area contributed by atoms with E-state index in [9.17, 15) is 9.59 Å². The molecule has 4 rings (SSSR count). The highest BCUT2D eigenvalue weighted by atomic mass is 16.2. The van der Waals surface area contributed by atoms with Crippen molar-refractivity contribution in [3.05, 3.63) is 113 Å². The minimum Gasteiger partial charge on any atom is -0.330 e. The Morgan fingerprint density at radius 3 is 1.98 bits per heavy atom. The van der Waals surface area contributed by atoms with Crippen molar-refractivity contribution in [1.29, 1.82) is 0 Å². The van der Waals surface area contributed by atoms with E-state index in [0.717, 1.165) is 33.6 Å². The summed E-state index contributed by atoms with van der Waals surface area (Å²) >= 11 is 0. The molecule has 2 amide bonds. The van der Waals surface area contributed by atoms with Gasteiger partial charge in [-0.3, -0.25) is 9.59 Å². The molecule has 0 fully saturated rings. The van der Waals surface area contributed by atoms with Gasteiger partial charge in [-0.05, 0) is 56.0 Å². The van der Waals surface area contributed by atoms with Crippen molar-refractivity contribution < 1.29 is 9.59 Å². The van der Waals surface area contributed by atoms with E-state index < -0.39 is 5.92 Å². The fourth-order valence-electron chi connectivity index (χ4n) is 4.77. The zero-order chi connectivity index (χ0) is 29.0. The molecule has 0 unspecified atom stereocenters. The highest BCUT2D eigenvalue weighted by Crippen LogP contribution is 2.30. The number of carbonyl (C=O) groups excluding carboxylic acids is 2. The van der Waals surface area contributed by atoms with Crippen molar-refractivity contribution in [2.24, 2.45) is 0 Å². The first-order valence-corrected chi connectivity index (χ1v) is 13.8. The molecule has 6 heteroatoms. The molecule has 0 aliphatic heterocycles. The largest absolute Gasteiger partial charge is 0.330 e. The van der Waals surface area contributed by atoms with Crippen LogP contribution in [0.1, 0.15) is 68.5 Å². The maximum Gasteiger partial charge on any atom is 0.245 e. The Kier molecular flexibility index (Phi) is 8.58. The Labute approximate surface area is 238 Å². The van der Waals surface area contributed by atoms with Crippen LogP contribution in [0.2, 0.25) is 0 Å². The number of carbonyl (C=O) groups is 2. The van der Waals surface area contributed by atoms with E-state index in [0.29, 0.717) is 5.82 Å². The van der Waals surface area contributed by atoms with Crippen LogP contribution < -0.4 is 5.32 Å². The van der Waals surface area contributed by atoms with E-state index in [1.165, 1.54) is 0 Å². The average Bonchev–Trinajstić information content (AvgIpc) is 3.34. The topological polar surface area (TPSA) is 67.2 Å². The summed E-state index contributed by atoms with van der Waals surface area (Å²) in [5, 5.41) is 7.96. The number of aromatic nitrogens is 2. The lowest BCUT2D eigenvalue weighted by Crippen LogP contribution is -2.45. The van der Waals surface area contributed by atoms with Gasteiger partial charge in [-0.25, -0.2) is 4.68 Å². The number of hydrogen-bond acceptors (Lipinski definition) is 3. The van der Waals surface area contributed by atoms with Crippen LogP contribution in [0.15, 0.2) is 84.9 Å². The number of benzene rings is 3. The van der Waals surface area contributed by atoms with Crippen LogP contribution >= 0.6 is 0 Å². The molecule has 208 valence electrons. The fourth-order valence-corrected chi connectivity index (χ4v) is 4.77. The molecule has 0 radical (unpaired) electrons. The molecule has 0 aliphatic rings. The van der Waals surface area contributed by atoms with Gasteiger partial charge < -0.3 is 10.2 Å². The van der Waals surface area contributed by atoms with Gasteiger partial charge in [0, 0.05) is 17.5 Å². The Hall–Kier alpha value is -4.19. The summed E-state index contributed by atoms with van der Waals surface area (Å²) < 4.78 is 1.80. The SMILES string of the molecule is Cc1cccc(-n2nc(C(C)(C)C)cc2NC(=O)CN(C(=O)C(c2ccccc2)c2ccccc2)C(C)C)c1C. The third-order valence-electron chi connectivity index (χ3n) is 7.28. The second kappa shape index (κ2) is 11.9. The lowest BCUT2D eigenvalue weighted by atomic mass is 9.89. The predicted octanol–water partition coefficient (Wildman–Crippen LogP) is 6.79. The van der Waals surface area contributed by atoms with Gasteiger partial charge in [-0.2, -0.15) is 5.10 Å². The molecule has 0 atom stereocenters. The van der Waals surface area contributed by atoms with E-state index in [4.69, 9.17) is 5.10 Å². The molecule has 40 heavy (non-hydrogen) atoms. The Bertz CT molecular complexity index is 1430. The Morgan fingerprint density at radius 2 is 1.45 bits per heavy atom. The van der Waals surface area contributed by atoms with Gasteiger partial charge in [0.1, 0.15) is 12.4 Å². The predicted molar refractivity (Wildman–Crippen MR) is 162 cm³/mol. The smallest absolute Gasteiger partial charge is 0.245 e. The fraction of sp³-hybridized carbons (Fsp3) is 0.324. The zero-order valence-electron chi connectivity index (χ0n) is 24.6. The number of anilines is 1. The van der Waals surface area contributed by atoms with Crippen LogP contribution in [0.5, 0.6) is 0 Å². The molecule has 1 N–H and O–H groups in total. The van der Waals surface area contributed by atoms with Crippen LogP contribution in [0.3, 0.4) is 0 Å². The van der Waals surface area contributed by atoms with E-state index in [-0.39, 0.29) is 29.8 Å². The van der Waals surface area contributed by atoms with Crippen LogP contribution in [0.4, 0.5) is 5.82 Å². The minimum absolute atomic E-state index is 0.0739. The van der Waals surface area contributed by atoms with Gasteiger partial charge in [-0.1, -0.05) is 93.6 Å². The maximum absolute atomic E-state index is 14.1. The molecular weight excluding hydrogens is 496 g/mol. The lowest BCUT2D eigenvalue weighted by Gasteiger charge is -2.30. The summed E-state index contributed by atoms with van der Waals surface area (Å²) in [5.74, 6) is -0.303. The third kappa shape index (κ3) is 6.33. The summed E-state index contributed by atoms with van der Waals surface area (Å²) in [6.07, 6.45) is 0. The number of rotatable bonds is 8. The monoisotopic (exact) mass is 536 g/mol. The number of aryl methyl sites for hydroxylation is 1. The molecule has 0 aliphatic carbocycles. The number of amides is 2.